The van der Waals surface area contributed by atoms with E-state index in [2.05, 4.69) is 31.1 Å². The van der Waals surface area contributed by atoms with Gasteiger partial charge < -0.3 is 10.4 Å². The van der Waals surface area contributed by atoms with E-state index >= 15 is 0 Å². The van der Waals surface area contributed by atoms with Gasteiger partial charge in [-0.15, -0.1) is 0 Å². The van der Waals surface area contributed by atoms with Gasteiger partial charge in [0.25, 0.3) is 5.91 Å². The first-order valence-electron chi connectivity index (χ1n) is 5.78. The van der Waals surface area contributed by atoms with Crippen molar-refractivity contribution in [1.29, 1.82) is 0 Å². The van der Waals surface area contributed by atoms with E-state index in [1.165, 1.54) is 18.3 Å². The third-order valence-electron chi connectivity index (χ3n) is 2.41. The van der Waals surface area contributed by atoms with Gasteiger partial charge in [0.1, 0.15) is 5.69 Å². The highest BCUT2D eigenvalue weighted by Gasteiger charge is 2.18. The quantitative estimate of drug-likeness (QED) is 0.856. The topological polar surface area (TPSA) is 79.3 Å². The van der Waals surface area contributed by atoms with E-state index in [4.69, 9.17) is 5.11 Å². The number of carbonyl (C=O) groups is 2. The van der Waals surface area contributed by atoms with Crippen molar-refractivity contribution in [2.75, 3.05) is 6.54 Å². The number of nitrogens with one attached hydrogen (secondary N) is 1. The van der Waals surface area contributed by atoms with Crippen molar-refractivity contribution in [3.05, 3.63) is 29.6 Å². The number of hydrogen-bond donors (Lipinski definition) is 2. The highest BCUT2D eigenvalue weighted by molar-refractivity contribution is 6.03. The van der Waals surface area contributed by atoms with Crippen LogP contribution in [0.2, 0.25) is 0 Å². The molecule has 0 aliphatic rings. The van der Waals surface area contributed by atoms with Crippen molar-refractivity contribution in [3.8, 4) is 0 Å². The lowest BCUT2D eigenvalue weighted by Crippen LogP contribution is -2.29. The Kier molecular flexibility index (Phi) is 4.42. The fraction of sp³-hybridized carbons (Fsp3) is 0.462. The number of amides is 1. The highest BCUT2D eigenvalue weighted by atomic mass is 16.4. The minimum absolute atomic E-state index is 0.0427. The van der Waals surface area contributed by atoms with Crippen molar-refractivity contribution >= 4 is 11.9 Å². The Morgan fingerprint density at radius 1 is 1.39 bits per heavy atom. The molecule has 98 valence electrons. The molecule has 1 heterocycles. The zero-order chi connectivity index (χ0) is 13.8. The van der Waals surface area contributed by atoms with E-state index in [-0.39, 0.29) is 16.7 Å². The lowest BCUT2D eigenvalue weighted by atomic mass is 9.92. The molecule has 1 aromatic rings. The second-order valence-electron chi connectivity index (χ2n) is 5.27. The van der Waals surface area contributed by atoms with E-state index in [1.807, 2.05) is 0 Å². The summed E-state index contributed by atoms with van der Waals surface area (Å²) in [4.78, 5) is 26.6. The van der Waals surface area contributed by atoms with E-state index in [1.54, 1.807) is 0 Å². The molecule has 0 saturated heterocycles. The van der Waals surface area contributed by atoms with Crippen molar-refractivity contribution in [2.45, 2.75) is 27.2 Å². The molecule has 0 radical (unpaired) electrons. The van der Waals surface area contributed by atoms with Gasteiger partial charge in [0.05, 0.1) is 5.56 Å². The first-order valence-corrected chi connectivity index (χ1v) is 5.78. The SMILES string of the molecule is CC(C)(C)CCNC(=O)c1ncccc1C(=O)O. The minimum Gasteiger partial charge on any atom is -0.478 e. The van der Waals surface area contributed by atoms with Crippen molar-refractivity contribution in [1.82, 2.24) is 10.3 Å². The number of aromatic nitrogens is 1. The summed E-state index contributed by atoms with van der Waals surface area (Å²) in [6.07, 6.45) is 2.22. The smallest absolute Gasteiger partial charge is 0.338 e. The van der Waals surface area contributed by atoms with Crippen LogP contribution >= 0.6 is 0 Å². The summed E-state index contributed by atoms with van der Waals surface area (Å²) in [5.41, 5.74) is -0.00260. The fourth-order valence-corrected chi connectivity index (χ4v) is 1.39. The molecule has 5 nitrogen and oxygen atoms in total. The number of carbonyl (C=O) groups excluding carboxylic acids is 1. The third-order valence-corrected chi connectivity index (χ3v) is 2.41. The Morgan fingerprint density at radius 2 is 2.06 bits per heavy atom. The third kappa shape index (κ3) is 4.16. The minimum atomic E-state index is -1.15. The van der Waals surface area contributed by atoms with Crippen LogP contribution in [0.5, 0.6) is 0 Å². The van der Waals surface area contributed by atoms with Gasteiger partial charge in [-0.3, -0.25) is 9.78 Å². The second-order valence-corrected chi connectivity index (χ2v) is 5.27. The molecule has 0 aromatic carbocycles. The predicted molar refractivity (Wildman–Crippen MR) is 67.6 cm³/mol. The first kappa shape index (κ1) is 14.2. The monoisotopic (exact) mass is 250 g/mol. The molecule has 1 rings (SSSR count). The number of rotatable bonds is 4. The summed E-state index contributed by atoms with van der Waals surface area (Å²) in [7, 11) is 0. The molecule has 0 saturated carbocycles. The standard InChI is InChI=1S/C13H18N2O3/c1-13(2,3)6-8-15-11(16)10-9(12(17)18)5-4-7-14-10/h4-5,7H,6,8H2,1-3H3,(H,15,16)(H,17,18). The molecular formula is C13H18N2O3. The summed E-state index contributed by atoms with van der Waals surface area (Å²) >= 11 is 0. The summed E-state index contributed by atoms with van der Waals surface area (Å²) < 4.78 is 0. The van der Waals surface area contributed by atoms with Crippen LogP contribution in [0.4, 0.5) is 0 Å². The highest BCUT2D eigenvalue weighted by Crippen LogP contribution is 2.17. The van der Waals surface area contributed by atoms with Gasteiger partial charge in [0, 0.05) is 12.7 Å². The van der Waals surface area contributed by atoms with Crippen molar-refractivity contribution in [2.24, 2.45) is 5.41 Å². The Balaban J connectivity index is 2.70. The maximum Gasteiger partial charge on any atom is 0.338 e. The second kappa shape index (κ2) is 5.62. The number of carboxylic acid groups (broad SMARTS) is 1. The molecule has 0 atom stereocenters. The molecule has 0 spiro atoms. The number of pyridine rings is 1. The maximum absolute atomic E-state index is 11.8. The lowest BCUT2D eigenvalue weighted by molar-refractivity contribution is 0.0689. The molecule has 2 N–H and O–H groups in total. The van der Waals surface area contributed by atoms with Crippen LogP contribution in [-0.2, 0) is 0 Å². The van der Waals surface area contributed by atoms with Crippen LogP contribution in [-0.4, -0.2) is 28.5 Å². The van der Waals surface area contributed by atoms with Crippen molar-refractivity contribution < 1.29 is 14.7 Å². The molecular weight excluding hydrogens is 232 g/mol. The zero-order valence-corrected chi connectivity index (χ0v) is 10.9. The molecule has 0 unspecified atom stereocenters. The van der Waals surface area contributed by atoms with Gasteiger partial charge in [-0.2, -0.15) is 0 Å². The maximum atomic E-state index is 11.8. The molecule has 5 heteroatoms. The van der Waals surface area contributed by atoms with Gasteiger partial charge in [0.2, 0.25) is 0 Å². The van der Waals surface area contributed by atoms with Gasteiger partial charge in [-0.05, 0) is 24.0 Å². The average molecular weight is 250 g/mol. The lowest BCUT2D eigenvalue weighted by Gasteiger charge is -2.18. The van der Waals surface area contributed by atoms with E-state index < -0.39 is 11.9 Å². The zero-order valence-electron chi connectivity index (χ0n) is 10.9. The number of nitrogens with zero attached hydrogens (tertiary/aromatic N) is 1. The molecule has 0 aliphatic carbocycles. The van der Waals surface area contributed by atoms with Crippen LogP contribution in [0.15, 0.2) is 18.3 Å². The summed E-state index contributed by atoms with van der Waals surface area (Å²) in [5.74, 6) is -1.60. The number of aromatic carboxylic acids is 1. The van der Waals surface area contributed by atoms with Gasteiger partial charge in [-0.25, -0.2) is 4.79 Å². The van der Waals surface area contributed by atoms with Gasteiger partial charge in [0.15, 0.2) is 0 Å². The summed E-state index contributed by atoms with van der Waals surface area (Å²) in [6.45, 7) is 6.71. The van der Waals surface area contributed by atoms with Crippen LogP contribution < -0.4 is 5.32 Å². The number of carboxylic acids is 1. The normalized spacial score (nSPS) is 11.1. The Bertz CT molecular complexity index is 450. The predicted octanol–water partition coefficient (Wildman–Crippen LogP) is 1.95. The summed E-state index contributed by atoms with van der Waals surface area (Å²) in [6, 6.07) is 2.86. The largest absolute Gasteiger partial charge is 0.478 e. The molecule has 0 fully saturated rings. The van der Waals surface area contributed by atoms with Gasteiger partial charge >= 0.3 is 5.97 Å². The van der Waals surface area contributed by atoms with Gasteiger partial charge in [-0.1, -0.05) is 20.8 Å². The van der Waals surface area contributed by atoms with E-state index in [0.29, 0.717) is 6.54 Å². The number of hydrogen-bond acceptors (Lipinski definition) is 3. The molecule has 1 amide bonds. The summed E-state index contributed by atoms with van der Waals surface area (Å²) in [5, 5.41) is 11.6. The molecule has 1 aromatic heterocycles. The Hall–Kier alpha value is -1.91. The molecule has 0 bridgehead atoms. The Labute approximate surface area is 106 Å². The van der Waals surface area contributed by atoms with Crippen LogP contribution in [0.25, 0.3) is 0 Å². The molecule has 18 heavy (non-hydrogen) atoms. The average Bonchev–Trinajstić information content (AvgIpc) is 2.27. The molecule has 0 aliphatic heterocycles. The van der Waals surface area contributed by atoms with E-state index in [9.17, 15) is 9.59 Å². The fourth-order valence-electron chi connectivity index (χ4n) is 1.39. The Morgan fingerprint density at radius 3 is 2.61 bits per heavy atom. The van der Waals surface area contributed by atoms with Crippen LogP contribution in [0, 0.1) is 5.41 Å². The van der Waals surface area contributed by atoms with E-state index in [0.717, 1.165) is 6.42 Å². The van der Waals surface area contributed by atoms with Crippen molar-refractivity contribution in [3.63, 3.8) is 0 Å². The first-order chi connectivity index (χ1) is 8.31. The van der Waals surface area contributed by atoms with Crippen LogP contribution in [0.1, 0.15) is 48.0 Å². The van der Waals surface area contributed by atoms with Crippen LogP contribution in [0.3, 0.4) is 0 Å².